The van der Waals surface area contributed by atoms with Gasteiger partial charge in [0.15, 0.2) is 11.5 Å². The molecule has 0 atom stereocenters. The maximum atomic E-state index is 13.3. The molecule has 0 aliphatic carbocycles. The van der Waals surface area contributed by atoms with Crippen LogP contribution in [0.3, 0.4) is 0 Å². The Morgan fingerprint density at radius 1 is 0.933 bits per heavy atom. The zero-order valence-electron chi connectivity index (χ0n) is 17.5. The van der Waals surface area contributed by atoms with Crippen molar-refractivity contribution in [2.45, 2.75) is 20.4 Å². The minimum absolute atomic E-state index is 0.0779. The third kappa shape index (κ3) is 4.22. The molecule has 2 aromatic carbocycles. The lowest BCUT2D eigenvalue weighted by molar-refractivity contribution is -0.137. The summed E-state index contributed by atoms with van der Waals surface area (Å²) in [7, 11) is 3.09. The Kier molecular flexibility index (Phi) is 6.84. The molecule has 2 aromatic rings. The van der Waals surface area contributed by atoms with Crippen molar-refractivity contribution in [1.29, 1.82) is 0 Å². The standard InChI is InChI=1S/C23H25NO5S/c1-14-5-7-17(11-15(14)2)20-21(30-10-9-25)23(27)24(22(20)26)13-16-6-8-18(28-3)19(12-16)29-4/h5-8,11-12,25H,9-10,13H2,1-4H3. The number of benzene rings is 2. The Bertz CT molecular complexity index is 1010. The minimum Gasteiger partial charge on any atom is -0.493 e. The van der Waals surface area contributed by atoms with E-state index >= 15 is 0 Å². The molecule has 0 unspecified atom stereocenters. The van der Waals surface area contributed by atoms with Gasteiger partial charge in [-0.05, 0) is 48.2 Å². The number of amides is 2. The SMILES string of the molecule is COc1ccc(CN2C(=O)C(SCCO)=C(c3ccc(C)c(C)c3)C2=O)cc1OC. The highest BCUT2D eigenvalue weighted by Crippen LogP contribution is 2.38. The second-order valence-electron chi connectivity index (χ2n) is 6.96. The van der Waals surface area contributed by atoms with Crippen LogP contribution in [-0.4, -0.2) is 48.4 Å². The number of thioether (sulfide) groups is 1. The van der Waals surface area contributed by atoms with Gasteiger partial charge in [0.25, 0.3) is 11.8 Å². The van der Waals surface area contributed by atoms with Gasteiger partial charge >= 0.3 is 0 Å². The van der Waals surface area contributed by atoms with Crippen LogP contribution in [0.25, 0.3) is 5.57 Å². The summed E-state index contributed by atoms with van der Waals surface area (Å²) in [5.74, 6) is 0.770. The van der Waals surface area contributed by atoms with Gasteiger partial charge in [-0.3, -0.25) is 14.5 Å². The molecule has 0 bridgehead atoms. The highest BCUT2D eigenvalue weighted by atomic mass is 32.2. The summed E-state index contributed by atoms with van der Waals surface area (Å²) in [4.78, 5) is 28.0. The van der Waals surface area contributed by atoms with Crippen molar-refractivity contribution in [1.82, 2.24) is 4.90 Å². The Morgan fingerprint density at radius 2 is 1.67 bits per heavy atom. The van der Waals surface area contributed by atoms with Crippen LogP contribution in [0, 0.1) is 13.8 Å². The Labute approximate surface area is 180 Å². The molecular formula is C23H25NO5S. The zero-order valence-corrected chi connectivity index (χ0v) is 18.3. The fourth-order valence-electron chi connectivity index (χ4n) is 3.29. The van der Waals surface area contributed by atoms with Crippen LogP contribution in [-0.2, 0) is 16.1 Å². The molecular weight excluding hydrogens is 402 g/mol. The predicted octanol–water partition coefficient (Wildman–Crippen LogP) is 3.33. The number of aliphatic hydroxyl groups is 1. The lowest BCUT2D eigenvalue weighted by Crippen LogP contribution is -2.31. The summed E-state index contributed by atoms with van der Waals surface area (Å²) < 4.78 is 10.6. The first-order valence-corrected chi connectivity index (χ1v) is 10.5. The highest BCUT2D eigenvalue weighted by molar-refractivity contribution is 8.04. The van der Waals surface area contributed by atoms with Crippen LogP contribution < -0.4 is 9.47 Å². The topological polar surface area (TPSA) is 76.1 Å². The number of methoxy groups -OCH3 is 2. The van der Waals surface area contributed by atoms with E-state index in [0.29, 0.717) is 33.3 Å². The molecule has 158 valence electrons. The molecule has 3 rings (SSSR count). The first-order valence-electron chi connectivity index (χ1n) is 9.54. The minimum atomic E-state index is -0.346. The van der Waals surface area contributed by atoms with E-state index in [0.717, 1.165) is 16.7 Å². The molecule has 30 heavy (non-hydrogen) atoms. The Hall–Kier alpha value is -2.77. The van der Waals surface area contributed by atoms with E-state index in [1.807, 2.05) is 32.0 Å². The van der Waals surface area contributed by atoms with Crippen LogP contribution in [0.1, 0.15) is 22.3 Å². The highest BCUT2D eigenvalue weighted by Gasteiger charge is 2.39. The Morgan fingerprint density at radius 3 is 2.30 bits per heavy atom. The number of carbonyl (C=O) groups is 2. The van der Waals surface area contributed by atoms with Gasteiger partial charge in [0.05, 0.1) is 37.8 Å². The van der Waals surface area contributed by atoms with Gasteiger partial charge < -0.3 is 14.6 Å². The van der Waals surface area contributed by atoms with Gasteiger partial charge in [0.2, 0.25) is 0 Å². The molecule has 1 heterocycles. The fraction of sp³-hybridized carbons (Fsp3) is 0.304. The largest absolute Gasteiger partial charge is 0.493 e. The van der Waals surface area contributed by atoms with Crippen molar-refractivity contribution >= 4 is 29.1 Å². The first kappa shape index (κ1) is 21.9. The van der Waals surface area contributed by atoms with E-state index in [-0.39, 0.29) is 25.0 Å². The molecule has 1 N–H and O–H groups in total. The average molecular weight is 428 g/mol. The van der Waals surface area contributed by atoms with Crippen LogP contribution in [0.2, 0.25) is 0 Å². The van der Waals surface area contributed by atoms with Crippen LogP contribution in [0.4, 0.5) is 0 Å². The number of rotatable bonds is 8. The second-order valence-corrected chi connectivity index (χ2v) is 8.07. The van der Waals surface area contributed by atoms with E-state index in [1.165, 1.54) is 23.8 Å². The zero-order chi connectivity index (χ0) is 21.8. The maximum absolute atomic E-state index is 13.3. The van der Waals surface area contributed by atoms with Gasteiger partial charge in [0, 0.05) is 5.75 Å². The number of aryl methyl sites for hydroxylation is 2. The van der Waals surface area contributed by atoms with E-state index in [4.69, 9.17) is 9.47 Å². The third-order valence-electron chi connectivity index (χ3n) is 5.05. The van der Waals surface area contributed by atoms with Crippen molar-refractivity contribution in [2.24, 2.45) is 0 Å². The van der Waals surface area contributed by atoms with Crippen molar-refractivity contribution < 1.29 is 24.2 Å². The summed E-state index contributed by atoms with van der Waals surface area (Å²) in [5, 5.41) is 9.25. The third-order valence-corrected chi connectivity index (χ3v) is 6.10. The molecule has 0 saturated heterocycles. The fourth-order valence-corrected chi connectivity index (χ4v) is 4.17. The molecule has 1 aliphatic heterocycles. The van der Waals surface area contributed by atoms with Crippen molar-refractivity contribution in [3.63, 3.8) is 0 Å². The van der Waals surface area contributed by atoms with E-state index in [9.17, 15) is 14.7 Å². The molecule has 6 nitrogen and oxygen atoms in total. The number of imide groups is 1. The molecule has 0 aromatic heterocycles. The quantitative estimate of drug-likeness (QED) is 0.652. The lowest BCUT2D eigenvalue weighted by atomic mass is 10.0. The lowest BCUT2D eigenvalue weighted by Gasteiger charge is -2.17. The van der Waals surface area contributed by atoms with Gasteiger partial charge in [0.1, 0.15) is 0 Å². The Balaban J connectivity index is 1.96. The number of hydrogen-bond donors (Lipinski definition) is 1. The maximum Gasteiger partial charge on any atom is 0.268 e. The van der Waals surface area contributed by atoms with E-state index in [1.54, 1.807) is 25.3 Å². The molecule has 1 aliphatic rings. The van der Waals surface area contributed by atoms with Gasteiger partial charge in [-0.15, -0.1) is 11.8 Å². The predicted molar refractivity (Wildman–Crippen MR) is 117 cm³/mol. The van der Waals surface area contributed by atoms with Gasteiger partial charge in [-0.1, -0.05) is 24.3 Å². The number of nitrogens with zero attached hydrogens (tertiary/aromatic N) is 1. The number of aliphatic hydroxyl groups excluding tert-OH is 1. The van der Waals surface area contributed by atoms with Crippen LogP contribution >= 0.6 is 11.8 Å². The smallest absolute Gasteiger partial charge is 0.268 e. The van der Waals surface area contributed by atoms with Crippen molar-refractivity contribution in [3.05, 3.63) is 63.6 Å². The molecule has 0 spiro atoms. The first-order chi connectivity index (χ1) is 14.4. The second kappa shape index (κ2) is 9.36. The van der Waals surface area contributed by atoms with Crippen molar-refractivity contribution in [2.75, 3.05) is 26.6 Å². The molecule has 7 heteroatoms. The molecule has 0 saturated carbocycles. The van der Waals surface area contributed by atoms with Crippen LogP contribution in [0.5, 0.6) is 11.5 Å². The van der Waals surface area contributed by atoms with Crippen LogP contribution in [0.15, 0.2) is 41.3 Å². The normalized spacial score (nSPS) is 14.0. The van der Waals surface area contributed by atoms with E-state index < -0.39 is 0 Å². The number of ether oxygens (including phenoxy) is 2. The van der Waals surface area contributed by atoms with Gasteiger partial charge in [-0.2, -0.15) is 0 Å². The number of carbonyl (C=O) groups excluding carboxylic acids is 2. The summed E-state index contributed by atoms with van der Waals surface area (Å²) in [6, 6.07) is 11.0. The van der Waals surface area contributed by atoms with Gasteiger partial charge in [-0.25, -0.2) is 0 Å². The van der Waals surface area contributed by atoms with E-state index in [2.05, 4.69) is 0 Å². The molecule has 0 fully saturated rings. The van der Waals surface area contributed by atoms with Crippen molar-refractivity contribution in [3.8, 4) is 11.5 Å². The number of hydrogen-bond acceptors (Lipinski definition) is 6. The summed E-state index contributed by atoms with van der Waals surface area (Å²) in [6.45, 7) is 4.02. The average Bonchev–Trinajstić information content (AvgIpc) is 2.98. The summed E-state index contributed by atoms with van der Waals surface area (Å²) in [6.07, 6.45) is 0. The molecule has 2 amide bonds. The molecule has 0 radical (unpaired) electrons. The summed E-state index contributed by atoms with van der Waals surface area (Å²) >= 11 is 1.21. The summed E-state index contributed by atoms with van der Waals surface area (Å²) in [5.41, 5.74) is 4.02. The monoisotopic (exact) mass is 427 g/mol.